The number of hydrogen-bond donors (Lipinski definition) is 2. The Morgan fingerprint density at radius 3 is 2.79 bits per heavy atom. The molecule has 0 spiro atoms. The van der Waals surface area contributed by atoms with Gasteiger partial charge >= 0.3 is 0 Å². The summed E-state index contributed by atoms with van der Waals surface area (Å²) in [4.78, 5) is 21.2. The Balaban J connectivity index is 1.57. The van der Waals surface area contributed by atoms with Crippen LogP contribution in [0.3, 0.4) is 0 Å². The van der Waals surface area contributed by atoms with Crippen molar-refractivity contribution in [1.82, 2.24) is 20.1 Å². The molecule has 1 aromatic heterocycles. The Morgan fingerprint density at radius 2 is 2.07 bits per heavy atom. The lowest BCUT2D eigenvalue weighted by Gasteiger charge is -2.36. The van der Waals surface area contributed by atoms with Crippen molar-refractivity contribution >= 4 is 16.8 Å². The van der Waals surface area contributed by atoms with Crippen molar-refractivity contribution < 1.29 is 4.79 Å². The molecule has 28 heavy (non-hydrogen) atoms. The number of piperazine rings is 1. The molecule has 2 aliphatic heterocycles. The van der Waals surface area contributed by atoms with Crippen molar-refractivity contribution in [2.45, 2.75) is 38.8 Å². The summed E-state index contributed by atoms with van der Waals surface area (Å²) in [6, 6.07) is 6.52. The molecular formula is C23H32N4O. The minimum absolute atomic E-state index is 0.166. The van der Waals surface area contributed by atoms with Gasteiger partial charge in [-0.15, -0.1) is 6.58 Å². The van der Waals surface area contributed by atoms with Crippen molar-refractivity contribution in [3.8, 4) is 0 Å². The summed E-state index contributed by atoms with van der Waals surface area (Å²) in [6.07, 6.45) is 5.81. The van der Waals surface area contributed by atoms with Gasteiger partial charge in [0.05, 0.1) is 6.04 Å². The highest BCUT2D eigenvalue weighted by Crippen LogP contribution is 2.34. The molecule has 1 amide bonds. The second-order valence-electron chi connectivity index (χ2n) is 8.60. The van der Waals surface area contributed by atoms with Gasteiger partial charge in [0.1, 0.15) is 0 Å². The van der Waals surface area contributed by atoms with Crippen LogP contribution in [0.15, 0.2) is 37.1 Å². The monoisotopic (exact) mass is 380 g/mol. The van der Waals surface area contributed by atoms with Crippen molar-refractivity contribution in [1.29, 1.82) is 0 Å². The number of carbonyl (C=O) groups excluding carboxylic acids is 1. The molecule has 2 aliphatic rings. The van der Waals surface area contributed by atoms with Crippen LogP contribution >= 0.6 is 0 Å². The van der Waals surface area contributed by atoms with Crippen molar-refractivity contribution in [2.24, 2.45) is 5.92 Å². The van der Waals surface area contributed by atoms with E-state index in [0.717, 1.165) is 45.6 Å². The minimum atomic E-state index is -0.166. The summed E-state index contributed by atoms with van der Waals surface area (Å²) in [5.74, 6) is 0.806. The first-order chi connectivity index (χ1) is 13.6. The van der Waals surface area contributed by atoms with Crippen molar-refractivity contribution in [2.75, 3.05) is 32.7 Å². The molecule has 5 heteroatoms. The largest absolute Gasteiger partial charge is 0.361 e. The highest BCUT2D eigenvalue weighted by molar-refractivity contribution is 5.90. The number of nitrogens with zero attached hydrogens (tertiary/aromatic N) is 2. The summed E-state index contributed by atoms with van der Waals surface area (Å²) in [6.45, 7) is 12.7. The van der Waals surface area contributed by atoms with Gasteiger partial charge in [-0.05, 0) is 36.0 Å². The number of hydrogen-bond acceptors (Lipinski definition) is 3. The number of nitrogens with one attached hydrogen (secondary N) is 2. The van der Waals surface area contributed by atoms with Gasteiger partial charge in [0, 0.05) is 55.9 Å². The maximum atomic E-state index is 13.4. The first-order valence-corrected chi connectivity index (χ1v) is 10.5. The molecule has 1 aromatic carbocycles. The molecular weight excluding hydrogens is 348 g/mol. The molecule has 1 fully saturated rings. The molecule has 0 radical (unpaired) electrons. The Hall–Kier alpha value is -2.11. The number of carbonyl (C=O) groups is 1. The second kappa shape index (κ2) is 8.10. The molecule has 5 nitrogen and oxygen atoms in total. The molecule has 0 bridgehead atoms. The Bertz CT molecular complexity index is 847. The van der Waals surface area contributed by atoms with E-state index in [0.29, 0.717) is 5.92 Å². The predicted octanol–water partition coefficient (Wildman–Crippen LogP) is 3.10. The van der Waals surface area contributed by atoms with Crippen molar-refractivity contribution in [3.63, 3.8) is 0 Å². The molecule has 4 rings (SSSR count). The molecule has 0 unspecified atom stereocenters. The number of aromatic amines is 1. The third-order valence-corrected chi connectivity index (χ3v) is 6.10. The topological polar surface area (TPSA) is 51.4 Å². The van der Waals surface area contributed by atoms with E-state index in [2.05, 4.69) is 60.0 Å². The lowest BCUT2D eigenvalue weighted by molar-refractivity contribution is -0.135. The molecule has 1 saturated heterocycles. The summed E-state index contributed by atoms with van der Waals surface area (Å²) >= 11 is 0. The standard InChI is InChI=1S/C23H32N4O/c1-4-8-26-9-11-27(12-10-26)23(28)21-14-17-15-24-19-7-5-6-18(22(17)19)20(25-21)13-16(2)3/h4-7,15-16,20-21,24-25H,1,8-14H2,2-3H3/t20-,21-/m0/s1. The third kappa shape index (κ3) is 3.74. The van der Waals surface area contributed by atoms with Gasteiger partial charge in [0.2, 0.25) is 5.91 Å². The van der Waals surface area contributed by atoms with E-state index in [1.807, 2.05) is 11.0 Å². The lowest BCUT2D eigenvalue weighted by Crippen LogP contribution is -2.54. The molecule has 3 heterocycles. The van der Waals surface area contributed by atoms with Crippen LogP contribution in [0, 0.1) is 5.92 Å². The average Bonchev–Trinajstić information content (AvgIpc) is 3.02. The van der Waals surface area contributed by atoms with Gasteiger partial charge in [-0.3, -0.25) is 15.0 Å². The fraction of sp³-hybridized carbons (Fsp3) is 0.522. The molecule has 150 valence electrons. The van der Waals surface area contributed by atoms with Gasteiger partial charge in [0.25, 0.3) is 0 Å². The van der Waals surface area contributed by atoms with E-state index < -0.39 is 0 Å². The maximum Gasteiger partial charge on any atom is 0.240 e. The van der Waals surface area contributed by atoms with Gasteiger partial charge in [-0.2, -0.15) is 0 Å². The van der Waals surface area contributed by atoms with Crippen LogP contribution in [0.5, 0.6) is 0 Å². The summed E-state index contributed by atoms with van der Waals surface area (Å²) < 4.78 is 0. The van der Waals surface area contributed by atoms with Crippen LogP contribution in [0.25, 0.3) is 10.9 Å². The number of H-pyrrole nitrogens is 1. The quantitative estimate of drug-likeness (QED) is 0.784. The summed E-state index contributed by atoms with van der Waals surface area (Å²) in [7, 11) is 0. The molecule has 2 atom stereocenters. The van der Waals surface area contributed by atoms with Crippen LogP contribution in [-0.2, 0) is 11.2 Å². The highest BCUT2D eigenvalue weighted by Gasteiger charge is 2.33. The first kappa shape index (κ1) is 19.2. The zero-order valence-electron chi connectivity index (χ0n) is 17.1. The number of rotatable bonds is 5. The van der Waals surface area contributed by atoms with Gasteiger partial charge in [-0.1, -0.05) is 32.1 Å². The summed E-state index contributed by atoms with van der Waals surface area (Å²) in [5.41, 5.74) is 3.76. The van der Waals surface area contributed by atoms with Gasteiger partial charge < -0.3 is 9.88 Å². The fourth-order valence-corrected chi connectivity index (χ4v) is 4.73. The molecule has 2 N–H and O–H groups in total. The Morgan fingerprint density at radius 1 is 1.29 bits per heavy atom. The minimum Gasteiger partial charge on any atom is -0.361 e. The average molecular weight is 381 g/mol. The van der Waals surface area contributed by atoms with Crippen LogP contribution < -0.4 is 5.32 Å². The third-order valence-electron chi connectivity index (χ3n) is 6.10. The number of benzene rings is 1. The zero-order valence-corrected chi connectivity index (χ0v) is 17.1. The SMILES string of the molecule is C=CCN1CCN(C(=O)[C@@H]2Cc3c[nH]c4cccc(c34)[C@H](CC(C)C)N2)CC1. The normalized spacial score (nSPS) is 23.2. The van der Waals surface area contributed by atoms with E-state index in [9.17, 15) is 4.79 Å². The van der Waals surface area contributed by atoms with Crippen LogP contribution in [0.4, 0.5) is 0 Å². The van der Waals surface area contributed by atoms with E-state index in [1.165, 1.54) is 22.0 Å². The summed E-state index contributed by atoms with van der Waals surface area (Å²) in [5, 5.41) is 5.05. The van der Waals surface area contributed by atoms with Gasteiger partial charge in [-0.25, -0.2) is 0 Å². The Labute approximate surface area is 167 Å². The predicted molar refractivity (Wildman–Crippen MR) is 114 cm³/mol. The van der Waals surface area contributed by atoms with E-state index in [-0.39, 0.29) is 18.0 Å². The van der Waals surface area contributed by atoms with E-state index in [1.54, 1.807) is 0 Å². The molecule has 0 aliphatic carbocycles. The van der Waals surface area contributed by atoms with Crippen molar-refractivity contribution in [3.05, 3.63) is 48.2 Å². The smallest absolute Gasteiger partial charge is 0.240 e. The molecule has 2 aromatic rings. The fourth-order valence-electron chi connectivity index (χ4n) is 4.73. The zero-order chi connectivity index (χ0) is 19.7. The van der Waals surface area contributed by atoms with Crippen LogP contribution in [0.2, 0.25) is 0 Å². The van der Waals surface area contributed by atoms with Gasteiger partial charge in [0.15, 0.2) is 0 Å². The Kier molecular flexibility index (Phi) is 5.56. The number of aromatic nitrogens is 1. The van der Waals surface area contributed by atoms with E-state index >= 15 is 0 Å². The second-order valence-corrected chi connectivity index (χ2v) is 8.60. The highest BCUT2D eigenvalue weighted by atomic mass is 16.2. The number of amides is 1. The first-order valence-electron chi connectivity index (χ1n) is 10.5. The van der Waals surface area contributed by atoms with Crippen LogP contribution in [0.1, 0.15) is 37.4 Å². The lowest BCUT2D eigenvalue weighted by atomic mass is 9.94. The van der Waals surface area contributed by atoms with Crippen LogP contribution in [-0.4, -0.2) is 59.5 Å². The maximum absolute atomic E-state index is 13.4. The van der Waals surface area contributed by atoms with E-state index in [4.69, 9.17) is 0 Å². The molecule has 0 saturated carbocycles.